The quantitative estimate of drug-likeness (QED) is 0.684. The van der Waals surface area contributed by atoms with Crippen LogP contribution in [0.3, 0.4) is 0 Å². The SMILES string of the molecule is O=C(Cc1cccc(Cl)c1)Nc1ccccc1Oc1ccccc1. The van der Waals surface area contributed by atoms with E-state index in [2.05, 4.69) is 5.32 Å². The average molecular weight is 338 g/mol. The molecule has 1 amide bonds. The zero-order valence-corrected chi connectivity index (χ0v) is 13.7. The van der Waals surface area contributed by atoms with Gasteiger partial charge in [-0.05, 0) is 42.0 Å². The first-order valence-corrected chi connectivity index (χ1v) is 7.95. The molecule has 3 aromatic rings. The Bertz CT molecular complexity index is 834. The van der Waals surface area contributed by atoms with E-state index >= 15 is 0 Å². The van der Waals surface area contributed by atoms with Gasteiger partial charge in [0.15, 0.2) is 5.75 Å². The lowest BCUT2D eigenvalue weighted by molar-refractivity contribution is -0.115. The molecule has 3 aromatic carbocycles. The lowest BCUT2D eigenvalue weighted by Crippen LogP contribution is -2.14. The topological polar surface area (TPSA) is 38.3 Å². The van der Waals surface area contributed by atoms with Crippen LogP contribution in [0.1, 0.15) is 5.56 Å². The van der Waals surface area contributed by atoms with Gasteiger partial charge in [0.2, 0.25) is 5.91 Å². The highest BCUT2D eigenvalue weighted by molar-refractivity contribution is 6.30. The first-order valence-electron chi connectivity index (χ1n) is 7.57. The highest BCUT2D eigenvalue weighted by Crippen LogP contribution is 2.29. The van der Waals surface area contributed by atoms with Crippen molar-refractivity contribution in [1.29, 1.82) is 0 Å². The first kappa shape index (κ1) is 16.1. The lowest BCUT2D eigenvalue weighted by atomic mass is 10.1. The average Bonchev–Trinajstić information content (AvgIpc) is 2.57. The van der Waals surface area contributed by atoms with Crippen molar-refractivity contribution >= 4 is 23.2 Å². The maximum atomic E-state index is 12.3. The van der Waals surface area contributed by atoms with E-state index < -0.39 is 0 Å². The maximum Gasteiger partial charge on any atom is 0.228 e. The van der Waals surface area contributed by atoms with Gasteiger partial charge < -0.3 is 10.1 Å². The summed E-state index contributed by atoms with van der Waals surface area (Å²) in [5, 5.41) is 3.51. The minimum atomic E-state index is -0.124. The van der Waals surface area contributed by atoms with Gasteiger partial charge in [-0.3, -0.25) is 4.79 Å². The molecule has 0 heterocycles. The fourth-order valence-corrected chi connectivity index (χ4v) is 2.51. The van der Waals surface area contributed by atoms with Crippen LogP contribution in [0.25, 0.3) is 0 Å². The van der Waals surface area contributed by atoms with Gasteiger partial charge in [-0.2, -0.15) is 0 Å². The normalized spacial score (nSPS) is 10.2. The molecule has 0 aliphatic rings. The number of rotatable bonds is 5. The van der Waals surface area contributed by atoms with Crippen LogP contribution in [0.2, 0.25) is 5.02 Å². The predicted octanol–water partition coefficient (Wildman–Crippen LogP) is 5.31. The number of para-hydroxylation sites is 3. The van der Waals surface area contributed by atoms with Crippen LogP contribution in [0.5, 0.6) is 11.5 Å². The third-order valence-electron chi connectivity index (χ3n) is 3.39. The Hall–Kier alpha value is -2.78. The standard InChI is InChI=1S/C20H16ClNO2/c21-16-8-6-7-15(13-16)14-20(23)22-18-11-4-5-12-19(18)24-17-9-2-1-3-10-17/h1-13H,14H2,(H,22,23). The number of hydrogen-bond acceptors (Lipinski definition) is 2. The summed E-state index contributed by atoms with van der Waals surface area (Å²) in [6, 6.07) is 24.1. The fourth-order valence-electron chi connectivity index (χ4n) is 2.30. The second-order valence-electron chi connectivity index (χ2n) is 5.27. The molecule has 24 heavy (non-hydrogen) atoms. The number of carbonyl (C=O) groups excluding carboxylic acids is 1. The summed E-state index contributed by atoms with van der Waals surface area (Å²) in [5.41, 5.74) is 1.50. The number of carbonyl (C=O) groups is 1. The molecule has 4 heteroatoms. The zero-order valence-electron chi connectivity index (χ0n) is 12.9. The molecular weight excluding hydrogens is 322 g/mol. The molecule has 0 saturated carbocycles. The van der Waals surface area contributed by atoms with Crippen molar-refractivity contribution in [2.45, 2.75) is 6.42 Å². The largest absolute Gasteiger partial charge is 0.455 e. The smallest absolute Gasteiger partial charge is 0.228 e. The number of hydrogen-bond donors (Lipinski definition) is 1. The van der Waals surface area contributed by atoms with Crippen molar-refractivity contribution in [3.8, 4) is 11.5 Å². The summed E-state index contributed by atoms with van der Waals surface area (Å²) in [5.74, 6) is 1.19. The summed E-state index contributed by atoms with van der Waals surface area (Å²) in [6.07, 6.45) is 0.250. The summed E-state index contributed by atoms with van der Waals surface area (Å²) in [6.45, 7) is 0. The summed E-state index contributed by atoms with van der Waals surface area (Å²) in [4.78, 5) is 12.3. The summed E-state index contributed by atoms with van der Waals surface area (Å²) >= 11 is 5.95. The molecule has 0 bridgehead atoms. The molecule has 0 atom stereocenters. The van der Waals surface area contributed by atoms with Crippen LogP contribution in [-0.2, 0) is 11.2 Å². The summed E-state index contributed by atoms with van der Waals surface area (Å²) in [7, 11) is 0. The Morgan fingerprint density at radius 2 is 1.67 bits per heavy atom. The lowest BCUT2D eigenvalue weighted by Gasteiger charge is -2.12. The highest BCUT2D eigenvalue weighted by atomic mass is 35.5. The second kappa shape index (κ2) is 7.66. The van der Waals surface area contributed by atoms with Crippen LogP contribution >= 0.6 is 11.6 Å². The Kier molecular flexibility index (Phi) is 5.14. The van der Waals surface area contributed by atoms with Crippen molar-refractivity contribution in [1.82, 2.24) is 0 Å². The van der Waals surface area contributed by atoms with Gasteiger partial charge in [-0.1, -0.05) is 54.1 Å². The minimum absolute atomic E-state index is 0.124. The van der Waals surface area contributed by atoms with Crippen molar-refractivity contribution in [2.24, 2.45) is 0 Å². The molecule has 120 valence electrons. The van der Waals surface area contributed by atoms with Gasteiger partial charge in [-0.25, -0.2) is 0 Å². The molecule has 0 aliphatic carbocycles. The third-order valence-corrected chi connectivity index (χ3v) is 3.62. The number of ether oxygens (including phenoxy) is 1. The van der Waals surface area contributed by atoms with Gasteiger partial charge in [-0.15, -0.1) is 0 Å². The maximum absolute atomic E-state index is 12.3. The zero-order chi connectivity index (χ0) is 16.8. The van der Waals surface area contributed by atoms with E-state index in [0.29, 0.717) is 22.2 Å². The first-order chi connectivity index (χ1) is 11.7. The third kappa shape index (κ3) is 4.37. The van der Waals surface area contributed by atoms with Crippen LogP contribution < -0.4 is 10.1 Å². The van der Waals surface area contributed by atoms with E-state index in [9.17, 15) is 4.79 Å². The van der Waals surface area contributed by atoms with Gasteiger partial charge in [0.05, 0.1) is 12.1 Å². The molecular formula is C20H16ClNO2. The van der Waals surface area contributed by atoms with E-state index in [-0.39, 0.29) is 12.3 Å². The number of anilines is 1. The molecule has 0 aliphatic heterocycles. The molecule has 0 aromatic heterocycles. The number of halogens is 1. The monoisotopic (exact) mass is 337 g/mol. The second-order valence-corrected chi connectivity index (χ2v) is 5.70. The van der Waals surface area contributed by atoms with Crippen molar-refractivity contribution in [2.75, 3.05) is 5.32 Å². The molecule has 0 spiro atoms. The molecule has 3 rings (SSSR count). The van der Waals surface area contributed by atoms with Crippen molar-refractivity contribution in [3.63, 3.8) is 0 Å². The molecule has 0 radical (unpaired) electrons. The van der Waals surface area contributed by atoms with E-state index in [4.69, 9.17) is 16.3 Å². The van der Waals surface area contributed by atoms with Crippen LogP contribution in [-0.4, -0.2) is 5.91 Å². The van der Waals surface area contributed by atoms with Gasteiger partial charge in [0, 0.05) is 5.02 Å². The molecule has 3 nitrogen and oxygen atoms in total. The molecule has 0 fully saturated rings. The molecule has 0 unspecified atom stereocenters. The highest BCUT2D eigenvalue weighted by Gasteiger charge is 2.09. The Morgan fingerprint density at radius 1 is 0.917 bits per heavy atom. The predicted molar refractivity (Wildman–Crippen MR) is 96.7 cm³/mol. The van der Waals surface area contributed by atoms with Gasteiger partial charge >= 0.3 is 0 Å². The van der Waals surface area contributed by atoms with Crippen LogP contribution in [0.15, 0.2) is 78.9 Å². The minimum Gasteiger partial charge on any atom is -0.455 e. The van der Waals surface area contributed by atoms with Crippen molar-refractivity contribution < 1.29 is 9.53 Å². The Balaban J connectivity index is 1.72. The molecule has 0 saturated heterocycles. The Labute approximate surface area is 145 Å². The van der Waals surface area contributed by atoms with Crippen molar-refractivity contribution in [3.05, 3.63) is 89.4 Å². The molecule has 1 N–H and O–H groups in total. The van der Waals surface area contributed by atoms with E-state index in [0.717, 1.165) is 5.56 Å². The van der Waals surface area contributed by atoms with Gasteiger partial charge in [0.1, 0.15) is 5.75 Å². The van der Waals surface area contributed by atoms with Crippen LogP contribution in [0, 0.1) is 0 Å². The van der Waals surface area contributed by atoms with E-state index in [1.165, 1.54) is 0 Å². The van der Waals surface area contributed by atoms with E-state index in [1.807, 2.05) is 66.7 Å². The Morgan fingerprint density at radius 3 is 2.46 bits per heavy atom. The number of benzene rings is 3. The fraction of sp³-hybridized carbons (Fsp3) is 0.0500. The summed E-state index contributed by atoms with van der Waals surface area (Å²) < 4.78 is 5.84. The number of amides is 1. The van der Waals surface area contributed by atoms with Crippen LogP contribution in [0.4, 0.5) is 5.69 Å². The van der Waals surface area contributed by atoms with E-state index in [1.54, 1.807) is 12.1 Å². The van der Waals surface area contributed by atoms with Gasteiger partial charge in [0.25, 0.3) is 0 Å². The number of nitrogens with one attached hydrogen (secondary N) is 1.